The molecular formula is C17H15N7O2. The minimum absolute atomic E-state index is 0.324. The average molecular weight is 349 g/mol. The molecular weight excluding hydrogens is 334 g/mol. The third-order valence-electron chi connectivity index (χ3n) is 3.88. The van der Waals surface area contributed by atoms with Crippen molar-refractivity contribution in [1.29, 1.82) is 0 Å². The van der Waals surface area contributed by atoms with E-state index in [4.69, 9.17) is 4.74 Å². The van der Waals surface area contributed by atoms with Crippen LogP contribution in [0.5, 0.6) is 5.75 Å². The van der Waals surface area contributed by atoms with Crippen LogP contribution in [0.4, 0.5) is 5.69 Å². The molecule has 0 aliphatic heterocycles. The van der Waals surface area contributed by atoms with Crippen molar-refractivity contribution >= 4 is 17.2 Å². The molecule has 0 aliphatic rings. The summed E-state index contributed by atoms with van der Waals surface area (Å²) in [4.78, 5) is 17.0. The quantitative estimate of drug-likeness (QED) is 0.604. The first kappa shape index (κ1) is 15.8. The number of nitrogens with one attached hydrogen (secondary N) is 1. The zero-order valence-corrected chi connectivity index (χ0v) is 14.1. The highest BCUT2D eigenvalue weighted by Crippen LogP contribution is 2.27. The van der Waals surface area contributed by atoms with E-state index in [2.05, 4.69) is 25.6 Å². The van der Waals surface area contributed by atoms with Gasteiger partial charge in [0.15, 0.2) is 5.65 Å². The lowest BCUT2D eigenvalue weighted by Crippen LogP contribution is -2.13. The van der Waals surface area contributed by atoms with Crippen LogP contribution in [0.15, 0.2) is 49.4 Å². The van der Waals surface area contributed by atoms with E-state index >= 15 is 0 Å². The van der Waals surface area contributed by atoms with Gasteiger partial charge in [0.25, 0.3) is 5.91 Å². The predicted molar refractivity (Wildman–Crippen MR) is 93.6 cm³/mol. The van der Waals surface area contributed by atoms with Gasteiger partial charge in [-0.3, -0.25) is 9.36 Å². The molecule has 0 saturated heterocycles. The average Bonchev–Trinajstić information content (AvgIpc) is 3.31. The van der Waals surface area contributed by atoms with Crippen molar-refractivity contribution in [3.05, 3.63) is 60.6 Å². The molecule has 0 bridgehead atoms. The highest BCUT2D eigenvalue weighted by atomic mass is 16.5. The standard InChI is InChI=1S/C17H15N7O2/c1-11-6-18-16-13(7-21-24(16)8-11)17(25)22-14-5-12(3-4-15(14)26-2)23-9-19-20-10-23/h3-10H,1-2H3,(H,22,25). The van der Waals surface area contributed by atoms with Gasteiger partial charge in [-0.1, -0.05) is 0 Å². The van der Waals surface area contributed by atoms with Gasteiger partial charge in [-0.2, -0.15) is 5.10 Å². The van der Waals surface area contributed by atoms with Crippen molar-refractivity contribution in [1.82, 2.24) is 29.4 Å². The number of rotatable bonds is 4. The van der Waals surface area contributed by atoms with Crippen molar-refractivity contribution in [3.8, 4) is 11.4 Å². The monoisotopic (exact) mass is 349 g/mol. The van der Waals surface area contributed by atoms with E-state index < -0.39 is 0 Å². The number of amides is 1. The smallest absolute Gasteiger partial charge is 0.261 e. The minimum Gasteiger partial charge on any atom is -0.495 e. The first-order valence-corrected chi connectivity index (χ1v) is 7.80. The van der Waals surface area contributed by atoms with E-state index in [1.807, 2.05) is 19.2 Å². The first-order valence-electron chi connectivity index (χ1n) is 7.80. The molecule has 130 valence electrons. The summed E-state index contributed by atoms with van der Waals surface area (Å²) in [6.07, 6.45) is 8.15. The van der Waals surface area contributed by atoms with Crippen LogP contribution < -0.4 is 10.1 Å². The number of methoxy groups -OCH3 is 1. The third-order valence-corrected chi connectivity index (χ3v) is 3.88. The van der Waals surface area contributed by atoms with Crippen molar-refractivity contribution in [2.24, 2.45) is 0 Å². The predicted octanol–water partition coefficient (Wildman–Crippen LogP) is 1.88. The zero-order valence-electron chi connectivity index (χ0n) is 14.1. The molecule has 26 heavy (non-hydrogen) atoms. The van der Waals surface area contributed by atoms with Crippen LogP contribution >= 0.6 is 0 Å². The van der Waals surface area contributed by atoms with Gasteiger partial charge in [0.05, 0.1) is 24.7 Å². The molecule has 0 aliphatic carbocycles. The molecule has 0 saturated carbocycles. The Morgan fingerprint density at radius 2 is 2.00 bits per heavy atom. The summed E-state index contributed by atoms with van der Waals surface area (Å²) in [5, 5.41) is 14.6. The molecule has 0 spiro atoms. The summed E-state index contributed by atoms with van der Waals surface area (Å²) in [7, 11) is 1.54. The van der Waals surface area contributed by atoms with E-state index in [9.17, 15) is 4.79 Å². The van der Waals surface area contributed by atoms with Crippen LogP contribution in [0.3, 0.4) is 0 Å². The fourth-order valence-electron chi connectivity index (χ4n) is 2.61. The van der Waals surface area contributed by atoms with Crippen LogP contribution in [0.1, 0.15) is 15.9 Å². The Labute approximate surface area is 148 Å². The first-order chi connectivity index (χ1) is 12.7. The van der Waals surface area contributed by atoms with E-state index in [1.165, 1.54) is 6.20 Å². The molecule has 0 atom stereocenters. The number of hydrogen-bond acceptors (Lipinski definition) is 6. The van der Waals surface area contributed by atoms with E-state index in [-0.39, 0.29) is 5.91 Å². The zero-order chi connectivity index (χ0) is 18.1. The summed E-state index contributed by atoms with van der Waals surface area (Å²) < 4.78 is 8.66. The maximum Gasteiger partial charge on any atom is 0.261 e. The van der Waals surface area contributed by atoms with Gasteiger partial charge in [-0.25, -0.2) is 9.50 Å². The number of anilines is 1. The van der Waals surface area contributed by atoms with Gasteiger partial charge >= 0.3 is 0 Å². The van der Waals surface area contributed by atoms with Gasteiger partial charge in [0.1, 0.15) is 24.0 Å². The Balaban J connectivity index is 1.69. The number of aromatic nitrogens is 6. The molecule has 4 rings (SSSR count). The van der Waals surface area contributed by atoms with Gasteiger partial charge in [-0.15, -0.1) is 10.2 Å². The van der Waals surface area contributed by atoms with Crippen LogP contribution in [0.25, 0.3) is 11.3 Å². The number of benzene rings is 1. The largest absolute Gasteiger partial charge is 0.495 e. The van der Waals surface area contributed by atoms with Gasteiger partial charge < -0.3 is 10.1 Å². The molecule has 3 aromatic heterocycles. The SMILES string of the molecule is COc1ccc(-n2cnnc2)cc1NC(=O)c1cnn2cc(C)cnc12. The maximum atomic E-state index is 12.7. The second kappa shape index (κ2) is 6.28. The second-order valence-corrected chi connectivity index (χ2v) is 5.67. The van der Waals surface area contributed by atoms with Crippen LogP contribution in [0, 0.1) is 6.92 Å². The molecule has 9 heteroatoms. The Bertz CT molecular complexity index is 1090. The van der Waals surface area contributed by atoms with Crippen molar-refractivity contribution in [2.75, 3.05) is 12.4 Å². The van der Waals surface area contributed by atoms with Gasteiger partial charge in [-0.05, 0) is 30.7 Å². The highest BCUT2D eigenvalue weighted by molar-refractivity contribution is 6.08. The number of hydrogen-bond donors (Lipinski definition) is 1. The molecule has 0 radical (unpaired) electrons. The third kappa shape index (κ3) is 2.75. The van der Waals surface area contributed by atoms with Crippen LogP contribution in [0.2, 0.25) is 0 Å². The van der Waals surface area contributed by atoms with Crippen molar-refractivity contribution in [2.45, 2.75) is 6.92 Å². The van der Waals surface area contributed by atoms with Crippen molar-refractivity contribution in [3.63, 3.8) is 0 Å². The summed E-state index contributed by atoms with van der Waals surface area (Å²) in [6.45, 7) is 1.91. The fourth-order valence-corrected chi connectivity index (χ4v) is 2.61. The number of aryl methyl sites for hydroxylation is 1. The molecule has 3 heterocycles. The Hall–Kier alpha value is -3.75. The molecule has 1 N–H and O–H groups in total. The number of carbonyl (C=O) groups is 1. The molecule has 9 nitrogen and oxygen atoms in total. The summed E-state index contributed by atoms with van der Waals surface area (Å²) in [5.74, 6) is 0.214. The van der Waals surface area contributed by atoms with Crippen LogP contribution in [-0.2, 0) is 0 Å². The lowest BCUT2D eigenvalue weighted by Gasteiger charge is -2.12. The molecule has 1 aromatic carbocycles. The Kier molecular flexibility index (Phi) is 3.81. The molecule has 1 amide bonds. The maximum absolute atomic E-state index is 12.7. The normalized spacial score (nSPS) is 10.8. The molecule has 0 fully saturated rings. The van der Waals surface area contributed by atoms with Crippen LogP contribution in [-0.4, -0.2) is 42.4 Å². The Morgan fingerprint density at radius 3 is 2.77 bits per heavy atom. The van der Waals surface area contributed by atoms with E-state index in [1.54, 1.807) is 47.2 Å². The number of ether oxygens (including phenoxy) is 1. The summed E-state index contributed by atoms with van der Waals surface area (Å²) >= 11 is 0. The number of nitrogens with zero attached hydrogens (tertiary/aromatic N) is 6. The topological polar surface area (TPSA) is 99.2 Å². The second-order valence-electron chi connectivity index (χ2n) is 5.67. The fraction of sp³-hybridized carbons (Fsp3) is 0.118. The summed E-state index contributed by atoms with van der Waals surface area (Å²) in [5.41, 5.74) is 3.13. The van der Waals surface area contributed by atoms with Gasteiger partial charge in [0.2, 0.25) is 0 Å². The van der Waals surface area contributed by atoms with E-state index in [0.29, 0.717) is 22.6 Å². The minimum atomic E-state index is -0.324. The lowest BCUT2D eigenvalue weighted by molar-refractivity contribution is 0.102. The molecule has 0 unspecified atom stereocenters. The van der Waals surface area contributed by atoms with E-state index in [0.717, 1.165) is 11.3 Å². The Morgan fingerprint density at radius 1 is 1.19 bits per heavy atom. The van der Waals surface area contributed by atoms with Gasteiger partial charge in [0, 0.05) is 12.4 Å². The summed E-state index contributed by atoms with van der Waals surface area (Å²) in [6, 6.07) is 5.39. The highest BCUT2D eigenvalue weighted by Gasteiger charge is 2.16. The number of fused-ring (bicyclic) bond motifs is 1. The number of carbonyl (C=O) groups excluding carboxylic acids is 1. The lowest BCUT2D eigenvalue weighted by atomic mass is 10.2. The molecule has 4 aromatic rings. The van der Waals surface area contributed by atoms with Crippen molar-refractivity contribution < 1.29 is 9.53 Å².